The Morgan fingerprint density at radius 2 is 1.95 bits per heavy atom. The molecule has 1 spiro atoms. The third-order valence-corrected chi connectivity index (χ3v) is 5.51. The van der Waals surface area contributed by atoms with Crippen molar-refractivity contribution in [2.45, 2.75) is 64.1 Å². The van der Waals surface area contributed by atoms with Crippen molar-refractivity contribution in [3.05, 3.63) is 35.6 Å². The number of ether oxygens (including phenoxy) is 1. The predicted octanol–water partition coefficient (Wildman–Crippen LogP) is 4.21. The highest BCUT2D eigenvalue weighted by molar-refractivity contribution is 5.20. The van der Waals surface area contributed by atoms with E-state index in [0.29, 0.717) is 17.6 Å². The second kappa shape index (κ2) is 6.05. The SMILES string of the molecule is CCOC1CC(N[C@@H](C)c2ccc(F)cc2)C12CCCC2. The van der Waals surface area contributed by atoms with Crippen LogP contribution in [0.25, 0.3) is 0 Å². The van der Waals surface area contributed by atoms with Crippen molar-refractivity contribution in [1.29, 1.82) is 0 Å². The molecular weight excluding hydrogens is 265 g/mol. The van der Waals surface area contributed by atoms with Gasteiger partial charge in [0.2, 0.25) is 0 Å². The van der Waals surface area contributed by atoms with Crippen molar-refractivity contribution in [2.24, 2.45) is 5.41 Å². The van der Waals surface area contributed by atoms with Gasteiger partial charge in [-0.3, -0.25) is 0 Å². The van der Waals surface area contributed by atoms with E-state index in [9.17, 15) is 4.39 Å². The molecule has 3 rings (SSSR count). The summed E-state index contributed by atoms with van der Waals surface area (Å²) in [6.45, 7) is 5.07. The molecule has 3 heteroatoms. The smallest absolute Gasteiger partial charge is 0.123 e. The summed E-state index contributed by atoms with van der Waals surface area (Å²) in [5, 5.41) is 3.77. The van der Waals surface area contributed by atoms with Crippen LogP contribution in [0.15, 0.2) is 24.3 Å². The lowest BCUT2D eigenvalue weighted by Crippen LogP contribution is -2.63. The number of hydrogen-bond acceptors (Lipinski definition) is 2. The average Bonchev–Trinajstić information content (AvgIpc) is 2.99. The van der Waals surface area contributed by atoms with Crippen LogP contribution in [0.3, 0.4) is 0 Å². The Bertz CT molecular complexity index is 467. The minimum atomic E-state index is -0.168. The highest BCUT2D eigenvalue weighted by atomic mass is 19.1. The minimum absolute atomic E-state index is 0.168. The minimum Gasteiger partial charge on any atom is -0.378 e. The van der Waals surface area contributed by atoms with Crippen LogP contribution in [0, 0.1) is 11.2 Å². The van der Waals surface area contributed by atoms with Gasteiger partial charge >= 0.3 is 0 Å². The molecule has 2 aliphatic carbocycles. The Morgan fingerprint density at radius 3 is 2.57 bits per heavy atom. The van der Waals surface area contributed by atoms with E-state index in [1.165, 1.54) is 25.7 Å². The van der Waals surface area contributed by atoms with Crippen LogP contribution in [-0.4, -0.2) is 18.8 Å². The van der Waals surface area contributed by atoms with Gasteiger partial charge in [0.05, 0.1) is 6.10 Å². The molecule has 0 amide bonds. The van der Waals surface area contributed by atoms with E-state index in [-0.39, 0.29) is 11.9 Å². The van der Waals surface area contributed by atoms with E-state index in [4.69, 9.17) is 4.74 Å². The normalized spacial score (nSPS) is 28.5. The zero-order chi connectivity index (χ0) is 14.9. The second-order valence-electron chi connectivity index (χ2n) is 6.61. The quantitative estimate of drug-likeness (QED) is 0.877. The first-order valence-corrected chi connectivity index (χ1v) is 8.29. The van der Waals surface area contributed by atoms with Crippen LogP contribution >= 0.6 is 0 Å². The van der Waals surface area contributed by atoms with E-state index >= 15 is 0 Å². The molecule has 1 aromatic carbocycles. The third-order valence-electron chi connectivity index (χ3n) is 5.51. The van der Waals surface area contributed by atoms with E-state index in [1.54, 1.807) is 12.1 Å². The van der Waals surface area contributed by atoms with Gasteiger partial charge < -0.3 is 10.1 Å². The molecule has 1 aromatic rings. The Balaban J connectivity index is 1.66. The zero-order valence-electron chi connectivity index (χ0n) is 13.1. The zero-order valence-corrected chi connectivity index (χ0v) is 13.1. The molecule has 0 saturated heterocycles. The standard InChI is InChI=1S/C18H26FNO/c1-3-21-17-12-16(18(17)10-4-5-11-18)20-13(2)14-6-8-15(19)9-7-14/h6-9,13,16-17,20H,3-5,10-12H2,1-2H3/t13-,16?,17?/m0/s1. The van der Waals surface area contributed by atoms with Gasteiger partial charge in [-0.1, -0.05) is 25.0 Å². The summed E-state index contributed by atoms with van der Waals surface area (Å²) in [6.07, 6.45) is 6.76. The average molecular weight is 291 g/mol. The van der Waals surface area contributed by atoms with Crippen molar-refractivity contribution in [1.82, 2.24) is 5.32 Å². The Morgan fingerprint density at radius 1 is 1.29 bits per heavy atom. The van der Waals surface area contributed by atoms with Gasteiger partial charge in [0.15, 0.2) is 0 Å². The summed E-state index contributed by atoms with van der Waals surface area (Å²) < 4.78 is 19.0. The Labute approximate surface area is 127 Å². The van der Waals surface area contributed by atoms with Crippen LogP contribution in [0.2, 0.25) is 0 Å². The van der Waals surface area contributed by atoms with E-state index < -0.39 is 0 Å². The fraction of sp³-hybridized carbons (Fsp3) is 0.667. The summed E-state index contributed by atoms with van der Waals surface area (Å²) in [5.74, 6) is -0.168. The largest absolute Gasteiger partial charge is 0.378 e. The fourth-order valence-corrected chi connectivity index (χ4v) is 4.27. The van der Waals surface area contributed by atoms with Crippen molar-refractivity contribution in [3.63, 3.8) is 0 Å². The maximum absolute atomic E-state index is 13.0. The maximum Gasteiger partial charge on any atom is 0.123 e. The summed E-state index contributed by atoms with van der Waals surface area (Å²) in [7, 11) is 0. The van der Waals surface area contributed by atoms with Crippen LogP contribution < -0.4 is 5.32 Å². The highest BCUT2D eigenvalue weighted by Crippen LogP contribution is 2.55. The molecule has 3 atom stereocenters. The number of benzene rings is 1. The lowest BCUT2D eigenvalue weighted by atomic mass is 9.60. The fourth-order valence-electron chi connectivity index (χ4n) is 4.27. The van der Waals surface area contributed by atoms with Crippen LogP contribution in [0.4, 0.5) is 4.39 Å². The van der Waals surface area contributed by atoms with Crippen molar-refractivity contribution in [2.75, 3.05) is 6.61 Å². The van der Waals surface area contributed by atoms with E-state index in [0.717, 1.165) is 18.6 Å². The van der Waals surface area contributed by atoms with Gasteiger partial charge in [-0.2, -0.15) is 0 Å². The van der Waals surface area contributed by atoms with Crippen LogP contribution in [0.1, 0.15) is 57.6 Å². The molecule has 2 fully saturated rings. The molecular formula is C18H26FNO. The lowest BCUT2D eigenvalue weighted by Gasteiger charge is -2.55. The molecule has 2 aliphatic rings. The first-order valence-electron chi connectivity index (χ1n) is 8.29. The van der Waals surface area contributed by atoms with Gasteiger partial charge in [-0.05, 0) is 50.8 Å². The lowest BCUT2D eigenvalue weighted by molar-refractivity contribution is -0.132. The molecule has 0 aromatic heterocycles. The molecule has 2 unspecified atom stereocenters. The summed E-state index contributed by atoms with van der Waals surface area (Å²) in [5.41, 5.74) is 1.51. The molecule has 21 heavy (non-hydrogen) atoms. The third kappa shape index (κ3) is 2.74. The first kappa shape index (κ1) is 15.0. The highest BCUT2D eigenvalue weighted by Gasteiger charge is 2.56. The molecule has 1 N–H and O–H groups in total. The number of nitrogens with one attached hydrogen (secondary N) is 1. The molecule has 0 heterocycles. The topological polar surface area (TPSA) is 21.3 Å². The predicted molar refractivity (Wildman–Crippen MR) is 82.7 cm³/mol. The van der Waals surface area contributed by atoms with Gasteiger partial charge in [0.25, 0.3) is 0 Å². The van der Waals surface area contributed by atoms with Gasteiger partial charge in [0.1, 0.15) is 5.82 Å². The first-order chi connectivity index (χ1) is 10.2. The van der Waals surface area contributed by atoms with Crippen LogP contribution in [-0.2, 0) is 4.74 Å². The monoisotopic (exact) mass is 291 g/mol. The molecule has 0 aliphatic heterocycles. The Hall–Kier alpha value is -0.930. The molecule has 2 nitrogen and oxygen atoms in total. The maximum atomic E-state index is 13.0. The number of rotatable bonds is 5. The van der Waals surface area contributed by atoms with Gasteiger partial charge in [0, 0.05) is 24.1 Å². The van der Waals surface area contributed by atoms with Gasteiger partial charge in [-0.25, -0.2) is 4.39 Å². The van der Waals surface area contributed by atoms with Crippen LogP contribution in [0.5, 0.6) is 0 Å². The second-order valence-corrected chi connectivity index (χ2v) is 6.61. The Kier molecular flexibility index (Phi) is 4.32. The van der Waals surface area contributed by atoms with Gasteiger partial charge in [-0.15, -0.1) is 0 Å². The van der Waals surface area contributed by atoms with E-state index in [2.05, 4.69) is 19.2 Å². The number of halogens is 1. The summed E-state index contributed by atoms with van der Waals surface area (Å²) in [4.78, 5) is 0. The van der Waals surface area contributed by atoms with Crippen molar-refractivity contribution in [3.8, 4) is 0 Å². The molecule has 0 bridgehead atoms. The summed E-state index contributed by atoms with van der Waals surface area (Å²) in [6, 6.07) is 7.65. The molecule has 116 valence electrons. The van der Waals surface area contributed by atoms with Crippen molar-refractivity contribution >= 4 is 0 Å². The van der Waals surface area contributed by atoms with E-state index in [1.807, 2.05) is 12.1 Å². The molecule has 0 radical (unpaired) electrons. The summed E-state index contributed by atoms with van der Waals surface area (Å²) >= 11 is 0. The van der Waals surface area contributed by atoms with Crippen molar-refractivity contribution < 1.29 is 9.13 Å². The number of hydrogen-bond donors (Lipinski definition) is 1. The molecule has 2 saturated carbocycles.